The Morgan fingerprint density at radius 2 is 1.93 bits per heavy atom. The Morgan fingerprint density at radius 1 is 1.21 bits per heavy atom. The van der Waals surface area contributed by atoms with Crippen molar-refractivity contribution in [2.45, 2.75) is 13.3 Å². The monoisotopic (exact) mass is 380 g/mol. The van der Waals surface area contributed by atoms with Crippen molar-refractivity contribution in [1.29, 1.82) is 5.26 Å². The van der Waals surface area contributed by atoms with E-state index in [0.717, 1.165) is 5.56 Å². The van der Waals surface area contributed by atoms with Crippen LogP contribution in [0.3, 0.4) is 0 Å². The highest BCUT2D eigenvalue weighted by Crippen LogP contribution is 2.26. The molecule has 2 aromatic rings. The van der Waals surface area contributed by atoms with Crippen molar-refractivity contribution in [3.8, 4) is 17.6 Å². The van der Waals surface area contributed by atoms with Crippen LogP contribution in [0.5, 0.6) is 11.5 Å². The molecule has 0 bridgehead atoms. The van der Waals surface area contributed by atoms with E-state index in [0.29, 0.717) is 22.7 Å². The summed E-state index contributed by atoms with van der Waals surface area (Å²) in [7, 11) is 1.50. The summed E-state index contributed by atoms with van der Waals surface area (Å²) in [6.45, 7) is 1.95. The van der Waals surface area contributed by atoms with E-state index >= 15 is 0 Å². The molecule has 0 aliphatic carbocycles. The summed E-state index contributed by atoms with van der Waals surface area (Å²) in [6, 6.07) is 13.9. The lowest BCUT2D eigenvalue weighted by Crippen LogP contribution is -2.14. The fraction of sp³-hybridized carbons (Fsp3) is 0.190. The number of nitrogens with one attached hydrogen (secondary N) is 1. The van der Waals surface area contributed by atoms with Crippen molar-refractivity contribution in [2.24, 2.45) is 0 Å². The van der Waals surface area contributed by atoms with Gasteiger partial charge in [-0.25, -0.2) is 0 Å². The van der Waals surface area contributed by atoms with E-state index in [4.69, 9.17) is 14.6 Å². The third kappa shape index (κ3) is 5.88. The van der Waals surface area contributed by atoms with Crippen LogP contribution in [-0.4, -0.2) is 30.7 Å². The molecule has 144 valence electrons. The molecule has 0 heterocycles. The van der Waals surface area contributed by atoms with Crippen molar-refractivity contribution in [2.75, 3.05) is 19.0 Å². The Morgan fingerprint density at radius 3 is 2.54 bits per heavy atom. The largest absolute Gasteiger partial charge is 0.495 e. The van der Waals surface area contributed by atoms with Crippen molar-refractivity contribution < 1.29 is 24.2 Å². The summed E-state index contributed by atoms with van der Waals surface area (Å²) in [4.78, 5) is 22.9. The van der Waals surface area contributed by atoms with Crippen LogP contribution in [-0.2, 0) is 9.59 Å². The molecule has 7 nitrogen and oxygen atoms in total. The van der Waals surface area contributed by atoms with Gasteiger partial charge in [0.2, 0.25) is 0 Å². The van der Waals surface area contributed by atoms with Crippen LogP contribution < -0.4 is 14.8 Å². The molecule has 0 saturated heterocycles. The normalized spacial score (nSPS) is 10.7. The lowest BCUT2D eigenvalue weighted by atomic mass is 10.1. The Hall–Kier alpha value is -3.79. The lowest BCUT2D eigenvalue weighted by Gasteiger charge is -2.10. The zero-order valence-electron chi connectivity index (χ0n) is 15.6. The van der Waals surface area contributed by atoms with Gasteiger partial charge in [-0.2, -0.15) is 5.26 Å². The number of carboxylic acids is 1. The summed E-state index contributed by atoms with van der Waals surface area (Å²) < 4.78 is 10.5. The Labute approximate surface area is 162 Å². The van der Waals surface area contributed by atoms with Gasteiger partial charge >= 0.3 is 5.97 Å². The molecular weight excluding hydrogens is 360 g/mol. The van der Waals surface area contributed by atoms with E-state index in [1.807, 2.05) is 19.1 Å². The second-order valence-electron chi connectivity index (χ2n) is 5.89. The van der Waals surface area contributed by atoms with E-state index in [2.05, 4.69) is 5.32 Å². The molecule has 2 aromatic carbocycles. The molecule has 0 aliphatic rings. The number of nitriles is 1. The minimum Gasteiger partial charge on any atom is -0.495 e. The van der Waals surface area contributed by atoms with E-state index in [9.17, 15) is 14.9 Å². The van der Waals surface area contributed by atoms with Crippen molar-refractivity contribution in [1.82, 2.24) is 0 Å². The number of hydrogen-bond acceptors (Lipinski definition) is 5. The highest BCUT2D eigenvalue weighted by Gasteiger charge is 2.12. The van der Waals surface area contributed by atoms with Gasteiger partial charge in [-0.3, -0.25) is 9.59 Å². The van der Waals surface area contributed by atoms with Crippen LogP contribution in [0.2, 0.25) is 0 Å². The Kier molecular flexibility index (Phi) is 7.17. The van der Waals surface area contributed by atoms with Gasteiger partial charge in [-0.1, -0.05) is 18.2 Å². The molecule has 0 aliphatic heterocycles. The molecule has 0 radical (unpaired) electrons. The highest BCUT2D eigenvalue weighted by molar-refractivity contribution is 6.10. The molecule has 2 rings (SSSR count). The maximum Gasteiger partial charge on any atom is 0.306 e. The quantitative estimate of drug-likeness (QED) is 0.537. The van der Waals surface area contributed by atoms with E-state index in [1.165, 1.54) is 13.2 Å². The first-order valence-corrected chi connectivity index (χ1v) is 8.45. The zero-order valence-corrected chi connectivity index (χ0v) is 15.6. The van der Waals surface area contributed by atoms with Crippen LogP contribution in [0.15, 0.2) is 48.0 Å². The minimum atomic E-state index is -0.936. The molecule has 0 spiro atoms. The van der Waals surface area contributed by atoms with E-state index < -0.39 is 11.9 Å². The molecule has 7 heteroatoms. The molecule has 2 N–H and O–H groups in total. The number of aryl methyl sites for hydroxylation is 1. The summed E-state index contributed by atoms with van der Waals surface area (Å²) in [5.74, 6) is -0.479. The van der Waals surface area contributed by atoms with Gasteiger partial charge in [-0.05, 0) is 48.4 Å². The lowest BCUT2D eigenvalue weighted by molar-refractivity contribution is -0.137. The number of benzene rings is 2. The third-order valence-corrected chi connectivity index (χ3v) is 3.74. The first kappa shape index (κ1) is 20.5. The van der Waals surface area contributed by atoms with E-state index in [1.54, 1.807) is 36.4 Å². The fourth-order valence-corrected chi connectivity index (χ4v) is 2.34. The second-order valence-corrected chi connectivity index (χ2v) is 5.89. The fourth-order valence-electron chi connectivity index (χ4n) is 2.34. The molecule has 0 unspecified atom stereocenters. The number of carbonyl (C=O) groups is 2. The number of methoxy groups -OCH3 is 1. The number of anilines is 1. The van der Waals surface area contributed by atoms with Crippen molar-refractivity contribution in [3.05, 3.63) is 59.2 Å². The zero-order chi connectivity index (χ0) is 20.5. The van der Waals surface area contributed by atoms with Gasteiger partial charge in [0.15, 0.2) is 0 Å². The molecule has 0 atom stereocenters. The second kappa shape index (κ2) is 9.78. The average Bonchev–Trinajstić information content (AvgIpc) is 2.67. The third-order valence-electron chi connectivity index (χ3n) is 3.74. The Balaban J connectivity index is 2.10. The van der Waals surface area contributed by atoms with Gasteiger partial charge in [0.05, 0.1) is 25.8 Å². The molecule has 0 saturated carbocycles. The van der Waals surface area contributed by atoms with Crippen molar-refractivity contribution >= 4 is 23.6 Å². The smallest absolute Gasteiger partial charge is 0.306 e. The van der Waals surface area contributed by atoms with Crippen LogP contribution in [0, 0.1) is 18.3 Å². The van der Waals surface area contributed by atoms with E-state index in [-0.39, 0.29) is 18.6 Å². The summed E-state index contributed by atoms with van der Waals surface area (Å²) in [6.07, 6.45) is 1.36. The van der Waals surface area contributed by atoms with Crippen LogP contribution in [0.25, 0.3) is 6.08 Å². The molecule has 28 heavy (non-hydrogen) atoms. The maximum atomic E-state index is 12.5. The van der Waals surface area contributed by atoms with Crippen LogP contribution >= 0.6 is 0 Å². The molecule has 0 fully saturated rings. The first-order valence-electron chi connectivity index (χ1n) is 8.45. The summed E-state index contributed by atoms with van der Waals surface area (Å²) in [5.41, 5.74) is 1.99. The number of rotatable bonds is 8. The highest BCUT2D eigenvalue weighted by atomic mass is 16.5. The molecule has 1 amide bonds. The maximum absolute atomic E-state index is 12.5. The standard InChI is InChI=1S/C21H20N2O5/c1-14-3-8-19(27-2)18(11-14)23-21(26)16(13-22)12-15-4-6-17(7-5-15)28-10-9-20(24)25/h3-8,11-12H,9-10H2,1-2H3,(H,23,26)(H,24,25)/b16-12+. The average molecular weight is 380 g/mol. The van der Waals surface area contributed by atoms with Gasteiger partial charge < -0.3 is 19.9 Å². The summed E-state index contributed by atoms with van der Waals surface area (Å²) in [5, 5.41) is 20.6. The molecular formula is C21H20N2O5. The van der Waals surface area contributed by atoms with Gasteiger partial charge in [0, 0.05) is 0 Å². The molecule has 0 aromatic heterocycles. The number of nitrogens with zero attached hydrogens (tertiary/aromatic N) is 1. The predicted octanol–water partition coefficient (Wildman–Crippen LogP) is 3.40. The van der Waals surface area contributed by atoms with Crippen molar-refractivity contribution in [3.63, 3.8) is 0 Å². The first-order chi connectivity index (χ1) is 13.4. The Bertz CT molecular complexity index is 927. The van der Waals surface area contributed by atoms with Gasteiger partial charge in [-0.15, -0.1) is 0 Å². The number of aliphatic carboxylic acids is 1. The minimum absolute atomic E-state index is 0.0642. The topological polar surface area (TPSA) is 109 Å². The predicted molar refractivity (Wildman–Crippen MR) is 104 cm³/mol. The SMILES string of the molecule is COc1ccc(C)cc1NC(=O)/C(C#N)=C/c1ccc(OCCC(=O)O)cc1. The number of carbonyl (C=O) groups excluding carboxylic acids is 1. The number of ether oxygens (including phenoxy) is 2. The van der Waals surface area contributed by atoms with Gasteiger partial charge in [0.25, 0.3) is 5.91 Å². The number of hydrogen-bond donors (Lipinski definition) is 2. The van der Waals surface area contributed by atoms with Crippen LogP contribution in [0.1, 0.15) is 17.5 Å². The number of carboxylic acid groups (broad SMARTS) is 1. The van der Waals surface area contributed by atoms with Gasteiger partial charge in [0.1, 0.15) is 23.1 Å². The number of amides is 1. The van der Waals surface area contributed by atoms with Crippen LogP contribution in [0.4, 0.5) is 5.69 Å². The summed E-state index contributed by atoms with van der Waals surface area (Å²) >= 11 is 0.